The lowest BCUT2D eigenvalue weighted by Gasteiger charge is -2.24. The average molecular weight is 389 g/mol. The molecule has 0 saturated heterocycles. The van der Waals surface area contributed by atoms with Crippen molar-refractivity contribution >= 4 is 23.0 Å². The summed E-state index contributed by atoms with van der Waals surface area (Å²) in [6, 6.07) is 17.6. The molecular formula is C23H23N3O3. The van der Waals surface area contributed by atoms with Crippen LogP contribution in [-0.4, -0.2) is 31.2 Å². The summed E-state index contributed by atoms with van der Waals surface area (Å²) in [4.78, 5) is 19.3. The fourth-order valence-corrected chi connectivity index (χ4v) is 3.73. The number of nitrogens with zero attached hydrogens (tertiary/aromatic N) is 2. The predicted molar refractivity (Wildman–Crippen MR) is 113 cm³/mol. The van der Waals surface area contributed by atoms with Crippen LogP contribution in [0.5, 0.6) is 11.5 Å². The first-order chi connectivity index (χ1) is 14.1. The summed E-state index contributed by atoms with van der Waals surface area (Å²) < 4.78 is 10.5. The molecule has 2 heterocycles. The van der Waals surface area contributed by atoms with Crippen molar-refractivity contribution in [2.75, 3.05) is 24.4 Å². The van der Waals surface area contributed by atoms with Crippen molar-refractivity contribution < 1.29 is 14.3 Å². The molecule has 0 fully saturated rings. The van der Waals surface area contributed by atoms with E-state index >= 15 is 0 Å². The van der Waals surface area contributed by atoms with Gasteiger partial charge in [-0.15, -0.1) is 0 Å². The van der Waals surface area contributed by atoms with E-state index in [1.54, 1.807) is 44.7 Å². The molecule has 1 atom stereocenters. The van der Waals surface area contributed by atoms with Gasteiger partial charge in [-0.2, -0.15) is 0 Å². The number of benzene rings is 2. The van der Waals surface area contributed by atoms with Gasteiger partial charge in [-0.05, 0) is 49.2 Å². The first-order valence-corrected chi connectivity index (χ1v) is 9.47. The number of ether oxygens (including phenoxy) is 2. The molecule has 0 spiro atoms. The van der Waals surface area contributed by atoms with Crippen LogP contribution in [0.2, 0.25) is 0 Å². The maximum absolute atomic E-state index is 12.6. The lowest BCUT2D eigenvalue weighted by Crippen LogP contribution is -2.24. The van der Waals surface area contributed by atoms with Gasteiger partial charge in [0.1, 0.15) is 5.69 Å². The number of fused-ring (bicyclic) bond motifs is 1. The van der Waals surface area contributed by atoms with Crippen LogP contribution in [0.15, 0.2) is 60.8 Å². The van der Waals surface area contributed by atoms with Gasteiger partial charge in [0.25, 0.3) is 5.91 Å². The summed E-state index contributed by atoms with van der Waals surface area (Å²) in [6.45, 7) is 2.19. The number of hydrogen-bond donors (Lipinski definition) is 1. The monoisotopic (exact) mass is 389 g/mol. The Kier molecular flexibility index (Phi) is 5.08. The van der Waals surface area contributed by atoms with Crippen LogP contribution in [-0.2, 0) is 6.42 Å². The topological polar surface area (TPSA) is 63.7 Å². The summed E-state index contributed by atoms with van der Waals surface area (Å²) in [7, 11) is 3.13. The van der Waals surface area contributed by atoms with Crippen molar-refractivity contribution in [1.29, 1.82) is 0 Å². The quantitative estimate of drug-likeness (QED) is 0.699. The van der Waals surface area contributed by atoms with Crippen molar-refractivity contribution in [1.82, 2.24) is 4.98 Å². The SMILES string of the molecule is COc1ccc(NC(=O)c2ccc(N3c4ccccc4CC3C)cn2)cc1OC. The number of rotatable bonds is 5. The smallest absolute Gasteiger partial charge is 0.274 e. The number of nitrogens with one attached hydrogen (secondary N) is 1. The minimum Gasteiger partial charge on any atom is -0.493 e. The Hall–Kier alpha value is -3.54. The normalized spacial score (nSPS) is 15.0. The molecule has 1 aliphatic heterocycles. The molecule has 1 N–H and O–H groups in total. The Morgan fingerprint density at radius 3 is 2.59 bits per heavy atom. The largest absolute Gasteiger partial charge is 0.493 e. The van der Waals surface area contributed by atoms with Gasteiger partial charge < -0.3 is 19.7 Å². The molecule has 0 radical (unpaired) electrons. The first kappa shape index (κ1) is 18.8. The number of anilines is 3. The van der Waals surface area contributed by atoms with Gasteiger partial charge in [-0.3, -0.25) is 4.79 Å². The molecule has 1 aromatic heterocycles. The minimum atomic E-state index is -0.279. The van der Waals surface area contributed by atoms with Crippen LogP contribution < -0.4 is 19.7 Å². The van der Waals surface area contributed by atoms with E-state index in [0.717, 1.165) is 12.1 Å². The average Bonchev–Trinajstić information content (AvgIpc) is 3.09. The number of aromatic nitrogens is 1. The maximum atomic E-state index is 12.6. The molecule has 1 unspecified atom stereocenters. The van der Waals surface area contributed by atoms with Crippen molar-refractivity contribution in [2.24, 2.45) is 0 Å². The highest BCUT2D eigenvalue weighted by atomic mass is 16.5. The van der Waals surface area contributed by atoms with E-state index in [1.165, 1.54) is 11.3 Å². The minimum absolute atomic E-state index is 0.279. The number of hydrogen-bond acceptors (Lipinski definition) is 5. The fourth-order valence-electron chi connectivity index (χ4n) is 3.73. The highest BCUT2D eigenvalue weighted by Gasteiger charge is 2.27. The standard InChI is InChI=1S/C23H23N3O3/c1-15-12-16-6-4-5-7-20(16)26(15)18-9-10-19(24-14-18)23(27)25-17-8-11-21(28-2)22(13-17)29-3/h4-11,13-15H,12H2,1-3H3,(H,25,27). The van der Waals surface area contributed by atoms with Crippen LogP contribution in [0.25, 0.3) is 0 Å². The second kappa shape index (κ2) is 7.83. The highest BCUT2D eigenvalue weighted by Crippen LogP contribution is 2.37. The second-order valence-corrected chi connectivity index (χ2v) is 6.98. The van der Waals surface area contributed by atoms with Gasteiger partial charge >= 0.3 is 0 Å². The Balaban J connectivity index is 1.52. The van der Waals surface area contributed by atoms with E-state index in [-0.39, 0.29) is 5.91 Å². The van der Waals surface area contributed by atoms with Crippen LogP contribution in [0, 0.1) is 0 Å². The Morgan fingerprint density at radius 2 is 1.86 bits per heavy atom. The summed E-state index contributed by atoms with van der Waals surface area (Å²) in [5.41, 5.74) is 4.47. The van der Waals surface area contributed by atoms with Crippen molar-refractivity contribution in [2.45, 2.75) is 19.4 Å². The van der Waals surface area contributed by atoms with Crippen LogP contribution in [0.3, 0.4) is 0 Å². The van der Waals surface area contributed by atoms with Gasteiger partial charge in [-0.25, -0.2) is 4.98 Å². The van der Waals surface area contributed by atoms with Gasteiger partial charge in [0.15, 0.2) is 11.5 Å². The summed E-state index contributed by atoms with van der Waals surface area (Å²) in [6.07, 6.45) is 2.75. The van der Waals surface area contributed by atoms with E-state index in [2.05, 4.69) is 40.3 Å². The molecule has 0 saturated carbocycles. The Bertz CT molecular complexity index is 1030. The first-order valence-electron chi connectivity index (χ1n) is 9.47. The zero-order valence-corrected chi connectivity index (χ0v) is 16.7. The Labute approximate surface area is 170 Å². The lowest BCUT2D eigenvalue weighted by molar-refractivity contribution is 0.102. The van der Waals surface area contributed by atoms with Crippen LogP contribution in [0.1, 0.15) is 23.0 Å². The molecule has 29 heavy (non-hydrogen) atoms. The summed E-state index contributed by atoms with van der Waals surface area (Å²) >= 11 is 0. The Morgan fingerprint density at radius 1 is 1.07 bits per heavy atom. The zero-order valence-electron chi connectivity index (χ0n) is 16.7. The van der Waals surface area contributed by atoms with E-state index in [0.29, 0.717) is 28.9 Å². The number of amides is 1. The van der Waals surface area contributed by atoms with E-state index in [4.69, 9.17) is 9.47 Å². The number of carbonyl (C=O) groups is 1. The van der Waals surface area contributed by atoms with Crippen LogP contribution in [0.4, 0.5) is 17.1 Å². The molecule has 0 aliphatic carbocycles. The maximum Gasteiger partial charge on any atom is 0.274 e. The summed E-state index contributed by atoms with van der Waals surface area (Å²) in [5, 5.41) is 2.85. The molecule has 2 aromatic carbocycles. The molecule has 148 valence electrons. The molecule has 4 rings (SSSR count). The van der Waals surface area contributed by atoms with E-state index < -0.39 is 0 Å². The number of pyridine rings is 1. The zero-order chi connectivity index (χ0) is 20.4. The number of carbonyl (C=O) groups excluding carboxylic acids is 1. The molecule has 1 aliphatic rings. The predicted octanol–water partition coefficient (Wildman–Crippen LogP) is 4.43. The third kappa shape index (κ3) is 3.61. The van der Waals surface area contributed by atoms with Crippen molar-refractivity contribution in [3.8, 4) is 11.5 Å². The van der Waals surface area contributed by atoms with Crippen molar-refractivity contribution in [3.05, 3.63) is 72.1 Å². The van der Waals surface area contributed by atoms with Gasteiger partial charge in [-0.1, -0.05) is 18.2 Å². The fraction of sp³-hybridized carbons (Fsp3) is 0.217. The molecule has 6 heteroatoms. The molecule has 6 nitrogen and oxygen atoms in total. The number of methoxy groups -OCH3 is 2. The molecule has 1 amide bonds. The van der Waals surface area contributed by atoms with E-state index in [9.17, 15) is 4.79 Å². The molecule has 3 aromatic rings. The van der Waals surface area contributed by atoms with Crippen molar-refractivity contribution in [3.63, 3.8) is 0 Å². The third-order valence-corrected chi connectivity index (χ3v) is 5.11. The molecular weight excluding hydrogens is 366 g/mol. The van der Waals surface area contributed by atoms with E-state index in [1.807, 2.05) is 12.1 Å². The van der Waals surface area contributed by atoms with Gasteiger partial charge in [0, 0.05) is 23.5 Å². The highest BCUT2D eigenvalue weighted by molar-refractivity contribution is 6.03. The lowest BCUT2D eigenvalue weighted by atomic mass is 10.1. The third-order valence-electron chi connectivity index (χ3n) is 5.11. The molecule has 0 bridgehead atoms. The van der Waals surface area contributed by atoms with Gasteiger partial charge in [0.05, 0.1) is 26.1 Å². The second-order valence-electron chi connectivity index (χ2n) is 6.98. The van der Waals surface area contributed by atoms with Gasteiger partial charge in [0.2, 0.25) is 0 Å². The van der Waals surface area contributed by atoms with Crippen LogP contribution >= 0.6 is 0 Å². The summed E-state index contributed by atoms with van der Waals surface area (Å²) in [5.74, 6) is 0.877. The number of para-hydroxylation sites is 1.